The second-order valence-corrected chi connectivity index (χ2v) is 2.77. The fourth-order valence-electron chi connectivity index (χ4n) is 0.177. The molecular formula is C7H15Li. The molecule has 0 fully saturated rings. The van der Waals surface area contributed by atoms with E-state index in [9.17, 15) is 0 Å². The Morgan fingerprint density at radius 1 is 1.38 bits per heavy atom. The molecule has 0 aliphatic rings. The van der Waals surface area contributed by atoms with Crippen molar-refractivity contribution in [3.05, 3.63) is 6.92 Å². The Morgan fingerprint density at radius 3 is 1.75 bits per heavy atom. The van der Waals surface area contributed by atoms with Gasteiger partial charge in [-0.1, -0.05) is 32.6 Å². The third-order valence-electron chi connectivity index (χ3n) is 1.63. The maximum atomic E-state index is 3.83. The normalized spacial score (nSPS) is 10.5. The van der Waals surface area contributed by atoms with E-state index in [1.807, 2.05) is 0 Å². The molecule has 0 spiro atoms. The molecular weight excluding hydrogens is 91.0 g/mol. The Morgan fingerprint density at radius 2 is 1.75 bits per heavy atom. The van der Waals surface area contributed by atoms with Crippen LogP contribution in [0, 0.1) is 12.3 Å². The van der Waals surface area contributed by atoms with Crippen LogP contribution < -0.4 is 18.9 Å². The zero-order valence-electron chi connectivity index (χ0n) is 6.62. The van der Waals surface area contributed by atoms with Crippen LogP contribution in [0.5, 0.6) is 0 Å². The van der Waals surface area contributed by atoms with Crippen molar-refractivity contribution in [2.75, 3.05) is 0 Å². The summed E-state index contributed by atoms with van der Waals surface area (Å²) in [4.78, 5) is 0. The van der Waals surface area contributed by atoms with Crippen LogP contribution >= 0.6 is 0 Å². The first kappa shape index (κ1) is 11.4. The van der Waals surface area contributed by atoms with E-state index in [0.29, 0.717) is 5.41 Å². The third kappa shape index (κ3) is 4.75. The van der Waals surface area contributed by atoms with E-state index in [0.717, 1.165) is 6.42 Å². The van der Waals surface area contributed by atoms with Gasteiger partial charge < -0.3 is 6.92 Å². The monoisotopic (exact) mass is 106 g/mol. The molecule has 0 rings (SSSR count). The summed E-state index contributed by atoms with van der Waals surface area (Å²) < 4.78 is 0. The molecule has 0 saturated heterocycles. The topological polar surface area (TPSA) is 0 Å². The Bertz CT molecular complexity index is 42.3. The van der Waals surface area contributed by atoms with Crippen LogP contribution in [-0.4, -0.2) is 0 Å². The van der Waals surface area contributed by atoms with E-state index in [-0.39, 0.29) is 18.9 Å². The van der Waals surface area contributed by atoms with Gasteiger partial charge in [-0.15, -0.1) is 0 Å². The first-order valence-electron chi connectivity index (χ1n) is 2.91. The van der Waals surface area contributed by atoms with Gasteiger partial charge in [-0.3, -0.25) is 0 Å². The van der Waals surface area contributed by atoms with Gasteiger partial charge in [0.1, 0.15) is 0 Å². The predicted molar refractivity (Wildman–Crippen MR) is 34.0 cm³/mol. The molecule has 0 unspecified atom stereocenters. The molecule has 0 heterocycles. The summed E-state index contributed by atoms with van der Waals surface area (Å²) >= 11 is 0. The first-order valence-corrected chi connectivity index (χ1v) is 2.91. The second-order valence-electron chi connectivity index (χ2n) is 2.77. The van der Waals surface area contributed by atoms with E-state index in [2.05, 4.69) is 27.7 Å². The van der Waals surface area contributed by atoms with Crippen LogP contribution in [0.15, 0.2) is 0 Å². The van der Waals surface area contributed by atoms with E-state index in [1.165, 1.54) is 6.42 Å². The van der Waals surface area contributed by atoms with Crippen LogP contribution in [0.1, 0.15) is 33.6 Å². The van der Waals surface area contributed by atoms with Gasteiger partial charge in [0, 0.05) is 0 Å². The van der Waals surface area contributed by atoms with Gasteiger partial charge in [0.2, 0.25) is 0 Å². The van der Waals surface area contributed by atoms with Crippen molar-refractivity contribution in [2.24, 2.45) is 5.41 Å². The number of hydrogen-bond donors (Lipinski definition) is 0. The fourth-order valence-corrected chi connectivity index (χ4v) is 0.177. The molecule has 0 nitrogen and oxygen atoms in total. The number of hydrogen-bond acceptors (Lipinski definition) is 0. The SMILES string of the molecule is [CH2-]CC(C)(C)CC.[Li+]. The summed E-state index contributed by atoms with van der Waals surface area (Å²) in [5.41, 5.74) is 0.472. The molecule has 0 atom stereocenters. The van der Waals surface area contributed by atoms with Crippen molar-refractivity contribution < 1.29 is 18.9 Å². The average Bonchev–Trinajstić information content (AvgIpc) is 1.68. The summed E-state index contributed by atoms with van der Waals surface area (Å²) in [6.07, 6.45) is 2.28. The van der Waals surface area contributed by atoms with Crippen LogP contribution in [0.4, 0.5) is 0 Å². The summed E-state index contributed by atoms with van der Waals surface area (Å²) in [7, 11) is 0. The van der Waals surface area contributed by atoms with Crippen LogP contribution in [0.2, 0.25) is 0 Å². The van der Waals surface area contributed by atoms with Gasteiger partial charge in [0.25, 0.3) is 0 Å². The van der Waals surface area contributed by atoms with E-state index in [4.69, 9.17) is 0 Å². The van der Waals surface area contributed by atoms with E-state index < -0.39 is 0 Å². The second kappa shape index (κ2) is 4.47. The molecule has 0 aliphatic heterocycles. The standard InChI is InChI=1S/C7H15.Li/c1-5-7(3,4)6-2;/h1,5-6H2,2-4H3;/q-1;+1. The van der Waals surface area contributed by atoms with Crippen LogP contribution in [0.25, 0.3) is 0 Å². The largest absolute Gasteiger partial charge is 1.00 e. The van der Waals surface area contributed by atoms with Crippen molar-refractivity contribution in [1.29, 1.82) is 0 Å². The van der Waals surface area contributed by atoms with E-state index in [1.54, 1.807) is 0 Å². The zero-order chi connectivity index (χ0) is 5.91. The predicted octanol–water partition coefficient (Wildman–Crippen LogP) is -0.349. The molecule has 0 aliphatic carbocycles. The molecule has 0 bridgehead atoms. The Balaban J connectivity index is 0. The molecule has 0 amide bonds. The van der Waals surface area contributed by atoms with Crippen LogP contribution in [-0.2, 0) is 0 Å². The molecule has 0 aromatic rings. The summed E-state index contributed by atoms with van der Waals surface area (Å²) in [5, 5.41) is 0. The third-order valence-corrected chi connectivity index (χ3v) is 1.63. The minimum absolute atomic E-state index is 0. The Hall–Kier alpha value is 0.597. The Labute approximate surface area is 65.2 Å². The van der Waals surface area contributed by atoms with Crippen LogP contribution in [0.3, 0.4) is 0 Å². The summed E-state index contributed by atoms with van der Waals surface area (Å²) in [5.74, 6) is 0. The smallest absolute Gasteiger partial charge is 0.343 e. The minimum atomic E-state index is 0. The van der Waals surface area contributed by atoms with Crippen molar-refractivity contribution >= 4 is 0 Å². The minimum Gasteiger partial charge on any atom is -0.343 e. The van der Waals surface area contributed by atoms with Gasteiger partial charge in [-0.05, 0) is 0 Å². The maximum absolute atomic E-state index is 3.83. The van der Waals surface area contributed by atoms with Crippen molar-refractivity contribution in [2.45, 2.75) is 33.6 Å². The molecule has 0 aromatic carbocycles. The van der Waals surface area contributed by atoms with Crippen molar-refractivity contribution in [3.63, 3.8) is 0 Å². The van der Waals surface area contributed by atoms with E-state index >= 15 is 0 Å². The first-order chi connectivity index (χ1) is 3.12. The zero-order valence-corrected chi connectivity index (χ0v) is 6.62. The molecule has 0 N–H and O–H groups in total. The van der Waals surface area contributed by atoms with Gasteiger partial charge >= 0.3 is 18.9 Å². The fraction of sp³-hybridized carbons (Fsp3) is 0.857. The summed E-state index contributed by atoms with van der Waals surface area (Å²) in [6, 6.07) is 0. The van der Waals surface area contributed by atoms with Crippen molar-refractivity contribution in [1.82, 2.24) is 0 Å². The molecule has 1 heteroatoms. The molecule has 0 aromatic heterocycles. The molecule has 44 valence electrons. The van der Waals surface area contributed by atoms with Gasteiger partial charge in [0.15, 0.2) is 0 Å². The maximum Gasteiger partial charge on any atom is 1.00 e. The molecule has 0 radical (unpaired) electrons. The van der Waals surface area contributed by atoms with Gasteiger partial charge in [-0.25, -0.2) is 0 Å². The average molecular weight is 106 g/mol. The van der Waals surface area contributed by atoms with Crippen molar-refractivity contribution in [3.8, 4) is 0 Å². The van der Waals surface area contributed by atoms with Gasteiger partial charge in [0.05, 0.1) is 0 Å². The van der Waals surface area contributed by atoms with Gasteiger partial charge in [-0.2, -0.15) is 6.42 Å². The Kier molecular flexibility index (Phi) is 6.38. The molecule has 8 heavy (non-hydrogen) atoms. The quantitative estimate of drug-likeness (QED) is 0.333. The molecule has 0 saturated carbocycles. The summed E-state index contributed by atoms with van der Waals surface area (Å²) in [6.45, 7) is 10.5. The number of rotatable bonds is 2.